The summed E-state index contributed by atoms with van der Waals surface area (Å²) in [5.74, 6) is 0.0755. The van der Waals surface area contributed by atoms with Crippen molar-refractivity contribution in [2.75, 3.05) is 7.05 Å². The highest BCUT2D eigenvalue weighted by atomic mass is 16.3. The Bertz CT molecular complexity index is 778. The molecular weight excluding hydrogens is 266 g/mol. The van der Waals surface area contributed by atoms with Gasteiger partial charge in [0.25, 0.3) is 5.91 Å². The second kappa shape index (κ2) is 5.28. The molecule has 0 atom stereocenters. The lowest BCUT2D eigenvalue weighted by Gasteiger charge is -2.16. The summed E-state index contributed by atoms with van der Waals surface area (Å²) in [5.41, 5.74) is 2.22. The van der Waals surface area contributed by atoms with Crippen LogP contribution in [0, 0.1) is 0 Å². The number of para-hydroxylation sites is 1. The van der Waals surface area contributed by atoms with Crippen LogP contribution in [0.25, 0.3) is 10.9 Å². The molecule has 0 aliphatic heterocycles. The van der Waals surface area contributed by atoms with Crippen LogP contribution in [-0.4, -0.2) is 33.2 Å². The fraction of sp³-hybridized carbons (Fsp3) is 0.125. The lowest BCUT2D eigenvalue weighted by Crippen LogP contribution is -2.26. The number of hydrogen-bond donors (Lipinski definition) is 2. The van der Waals surface area contributed by atoms with Gasteiger partial charge >= 0.3 is 0 Å². The second-order valence-electron chi connectivity index (χ2n) is 4.95. The minimum absolute atomic E-state index is 0.138. The number of aromatic amines is 1. The van der Waals surface area contributed by atoms with E-state index >= 15 is 0 Å². The van der Waals surface area contributed by atoms with Gasteiger partial charge in [-0.3, -0.25) is 9.89 Å². The number of carbonyl (C=O) groups is 1. The third-order valence-corrected chi connectivity index (χ3v) is 3.38. The molecule has 3 rings (SSSR count). The van der Waals surface area contributed by atoms with Crippen molar-refractivity contribution in [3.63, 3.8) is 0 Å². The van der Waals surface area contributed by atoms with Crippen LogP contribution in [0.4, 0.5) is 0 Å². The Balaban J connectivity index is 1.82. The van der Waals surface area contributed by atoms with E-state index in [4.69, 9.17) is 0 Å². The Morgan fingerprint density at radius 3 is 2.67 bits per heavy atom. The fourth-order valence-corrected chi connectivity index (χ4v) is 2.25. The van der Waals surface area contributed by atoms with Gasteiger partial charge in [-0.25, -0.2) is 0 Å². The lowest BCUT2D eigenvalue weighted by molar-refractivity contribution is 0.0781. The molecule has 21 heavy (non-hydrogen) atoms. The summed E-state index contributed by atoms with van der Waals surface area (Å²) >= 11 is 0. The van der Waals surface area contributed by atoms with Crippen molar-refractivity contribution in [2.45, 2.75) is 6.54 Å². The quantitative estimate of drug-likeness (QED) is 0.775. The largest absolute Gasteiger partial charge is 0.508 e. The van der Waals surface area contributed by atoms with Gasteiger partial charge in [0.2, 0.25) is 0 Å². The van der Waals surface area contributed by atoms with E-state index in [-0.39, 0.29) is 11.7 Å². The number of hydrogen-bond acceptors (Lipinski definition) is 3. The van der Waals surface area contributed by atoms with Gasteiger partial charge in [0.1, 0.15) is 5.75 Å². The van der Waals surface area contributed by atoms with Crippen molar-refractivity contribution < 1.29 is 9.90 Å². The zero-order valence-corrected chi connectivity index (χ0v) is 11.6. The number of carbonyl (C=O) groups excluding carboxylic acids is 1. The van der Waals surface area contributed by atoms with Gasteiger partial charge in [-0.05, 0) is 23.8 Å². The molecule has 5 heteroatoms. The average molecular weight is 281 g/mol. The predicted octanol–water partition coefficient (Wildman–Crippen LogP) is 2.54. The Hall–Kier alpha value is -2.82. The summed E-state index contributed by atoms with van der Waals surface area (Å²) < 4.78 is 0. The first-order valence-electron chi connectivity index (χ1n) is 6.61. The van der Waals surface area contributed by atoms with Crippen molar-refractivity contribution in [3.05, 3.63) is 59.8 Å². The lowest BCUT2D eigenvalue weighted by atomic mass is 10.1. The number of aromatic nitrogens is 2. The monoisotopic (exact) mass is 281 g/mol. The minimum atomic E-state index is -0.138. The predicted molar refractivity (Wildman–Crippen MR) is 80.0 cm³/mol. The SMILES string of the molecule is CN(Cc1ccc(O)cc1)C(=O)c1n[nH]c2ccccc12. The average Bonchev–Trinajstić information content (AvgIpc) is 2.92. The van der Waals surface area contributed by atoms with E-state index in [0.717, 1.165) is 16.5 Å². The van der Waals surface area contributed by atoms with E-state index in [1.807, 2.05) is 24.3 Å². The number of nitrogens with zero attached hydrogens (tertiary/aromatic N) is 2. The molecule has 1 amide bonds. The molecule has 0 bridgehead atoms. The van der Waals surface area contributed by atoms with Crippen molar-refractivity contribution in [2.24, 2.45) is 0 Å². The van der Waals surface area contributed by atoms with Crippen molar-refractivity contribution in [3.8, 4) is 5.75 Å². The molecule has 0 unspecified atom stereocenters. The second-order valence-corrected chi connectivity index (χ2v) is 4.95. The normalized spacial score (nSPS) is 10.7. The third kappa shape index (κ3) is 2.58. The summed E-state index contributed by atoms with van der Waals surface area (Å²) in [4.78, 5) is 14.1. The Morgan fingerprint density at radius 1 is 1.19 bits per heavy atom. The molecule has 3 aromatic rings. The Morgan fingerprint density at radius 2 is 1.90 bits per heavy atom. The van der Waals surface area contributed by atoms with Gasteiger partial charge in [0.15, 0.2) is 5.69 Å². The van der Waals surface area contributed by atoms with E-state index in [9.17, 15) is 9.90 Å². The maximum atomic E-state index is 12.5. The minimum Gasteiger partial charge on any atom is -0.508 e. The highest BCUT2D eigenvalue weighted by Gasteiger charge is 2.18. The highest BCUT2D eigenvalue weighted by Crippen LogP contribution is 2.18. The standard InChI is InChI=1S/C16H15N3O2/c1-19(10-11-6-8-12(20)9-7-11)16(21)15-13-4-2-3-5-14(13)17-18-15/h2-9,20H,10H2,1H3,(H,17,18). The first kappa shape index (κ1) is 13.2. The molecule has 2 aromatic carbocycles. The van der Waals surface area contributed by atoms with Gasteiger partial charge in [-0.1, -0.05) is 30.3 Å². The summed E-state index contributed by atoms with van der Waals surface area (Å²) in [6, 6.07) is 14.3. The number of fused-ring (bicyclic) bond motifs is 1. The molecule has 0 saturated carbocycles. The number of nitrogens with one attached hydrogen (secondary N) is 1. The molecule has 0 fully saturated rings. The Kier molecular flexibility index (Phi) is 3.31. The van der Waals surface area contributed by atoms with E-state index in [2.05, 4.69) is 10.2 Å². The number of amides is 1. The zero-order valence-electron chi connectivity index (χ0n) is 11.6. The van der Waals surface area contributed by atoms with Crippen molar-refractivity contribution >= 4 is 16.8 Å². The first-order valence-corrected chi connectivity index (χ1v) is 6.61. The van der Waals surface area contributed by atoms with Crippen LogP contribution in [0.15, 0.2) is 48.5 Å². The molecule has 1 heterocycles. The fourth-order valence-electron chi connectivity index (χ4n) is 2.25. The molecular formula is C16H15N3O2. The first-order chi connectivity index (χ1) is 10.1. The van der Waals surface area contributed by atoms with Gasteiger partial charge in [0, 0.05) is 19.0 Å². The number of phenolic OH excluding ortho intramolecular Hbond substituents is 1. The summed E-state index contributed by atoms with van der Waals surface area (Å²) in [7, 11) is 1.73. The highest BCUT2D eigenvalue weighted by molar-refractivity contribution is 6.04. The molecule has 0 saturated heterocycles. The summed E-state index contributed by atoms with van der Waals surface area (Å²) in [6.07, 6.45) is 0. The molecule has 0 aliphatic rings. The summed E-state index contributed by atoms with van der Waals surface area (Å²) in [5, 5.41) is 17.1. The molecule has 0 radical (unpaired) electrons. The topological polar surface area (TPSA) is 69.2 Å². The number of H-pyrrole nitrogens is 1. The van der Waals surface area contributed by atoms with Gasteiger partial charge in [-0.15, -0.1) is 0 Å². The summed E-state index contributed by atoms with van der Waals surface area (Å²) in [6.45, 7) is 0.459. The number of phenols is 1. The van der Waals surface area contributed by atoms with Crippen LogP contribution in [0.2, 0.25) is 0 Å². The maximum Gasteiger partial charge on any atom is 0.275 e. The zero-order chi connectivity index (χ0) is 14.8. The van der Waals surface area contributed by atoms with E-state index in [1.54, 1.807) is 36.2 Å². The number of rotatable bonds is 3. The Labute approximate surface area is 121 Å². The third-order valence-electron chi connectivity index (χ3n) is 3.38. The van der Waals surface area contributed by atoms with Crippen LogP contribution >= 0.6 is 0 Å². The van der Waals surface area contributed by atoms with Crippen LogP contribution in [0.5, 0.6) is 5.75 Å². The van der Waals surface area contributed by atoms with E-state index < -0.39 is 0 Å². The molecule has 0 spiro atoms. The molecule has 1 aromatic heterocycles. The maximum absolute atomic E-state index is 12.5. The molecule has 0 aliphatic carbocycles. The molecule has 106 valence electrons. The van der Waals surface area contributed by atoms with Gasteiger partial charge < -0.3 is 10.0 Å². The van der Waals surface area contributed by atoms with Gasteiger partial charge in [0.05, 0.1) is 5.52 Å². The molecule has 5 nitrogen and oxygen atoms in total. The molecule has 2 N–H and O–H groups in total. The van der Waals surface area contributed by atoms with Gasteiger partial charge in [-0.2, -0.15) is 5.10 Å². The van der Waals surface area contributed by atoms with Crippen LogP contribution < -0.4 is 0 Å². The number of benzene rings is 2. The van der Waals surface area contributed by atoms with E-state index in [0.29, 0.717) is 12.2 Å². The van der Waals surface area contributed by atoms with Crippen molar-refractivity contribution in [1.82, 2.24) is 15.1 Å². The van der Waals surface area contributed by atoms with Crippen molar-refractivity contribution in [1.29, 1.82) is 0 Å². The van der Waals surface area contributed by atoms with Crippen LogP contribution in [0.3, 0.4) is 0 Å². The smallest absolute Gasteiger partial charge is 0.275 e. The van der Waals surface area contributed by atoms with E-state index in [1.165, 1.54) is 0 Å². The van der Waals surface area contributed by atoms with Crippen LogP contribution in [-0.2, 0) is 6.54 Å². The number of aromatic hydroxyl groups is 1. The van der Waals surface area contributed by atoms with Crippen LogP contribution in [0.1, 0.15) is 16.1 Å².